The minimum absolute atomic E-state index is 0.0398. The summed E-state index contributed by atoms with van der Waals surface area (Å²) in [5.41, 5.74) is 2.88. The molecule has 5 nitrogen and oxygen atoms in total. The zero-order valence-corrected chi connectivity index (χ0v) is 10.7. The van der Waals surface area contributed by atoms with Gasteiger partial charge in [0.25, 0.3) is 5.69 Å². The van der Waals surface area contributed by atoms with Gasteiger partial charge < -0.3 is 0 Å². The summed E-state index contributed by atoms with van der Waals surface area (Å²) >= 11 is 0. The van der Waals surface area contributed by atoms with Gasteiger partial charge in [-0.2, -0.15) is 5.11 Å². The summed E-state index contributed by atoms with van der Waals surface area (Å²) in [5, 5.41) is 18.9. The lowest BCUT2D eigenvalue weighted by Crippen LogP contribution is -1.88. The third-order valence-electron chi connectivity index (χ3n) is 2.60. The summed E-state index contributed by atoms with van der Waals surface area (Å²) in [6, 6.07) is 12.3. The maximum atomic E-state index is 10.9. The molecule has 0 aromatic heterocycles. The molecule has 2 rings (SSSR count). The summed E-state index contributed by atoms with van der Waals surface area (Å²) in [6.07, 6.45) is 0. The van der Waals surface area contributed by atoms with Gasteiger partial charge in [-0.15, -0.1) is 5.11 Å². The number of azo groups is 1. The van der Waals surface area contributed by atoms with Crippen molar-refractivity contribution in [3.8, 4) is 0 Å². The molecule has 0 saturated carbocycles. The normalized spacial score (nSPS) is 10.8. The molecular weight excluding hydrogens is 242 g/mol. The van der Waals surface area contributed by atoms with Crippen LogP contribution >= 0.6 is 0 Å². The molecule has 96 valence electrons. The monoisotopic (exact) mass is 255 g/mol. The quantitative estimate of drug-likeness (QED) is 0.456. The molecule has 0 aliphatic rings. The Bertz CT molecular complexity index is 651. The van der Waals surface area contributed by atoms with Gasteiger partial charge in [-0.25, -0.2) is 0 Å². The van der Waals surface area contributed by atoms with Crippen LogP contribution in [-0.2, 0) is 0 Å². The summed E-state index contributed by atoms with van der Waals surface area (Å²) in [5.74, 6) is 0. The minimum atomic E-state index is -0.454. The molecule has 0 aliphatic carbocycles. The molecule has 0 bridgehead atoms. The first-order chi connectivity index (χ1) is 9.06. The lowest BCUT2D eigenvalue weighted by molar-refractivity contribution is -0.384. The second-order valence-corrected chi connectivity index (χ2v) is 4.29. The van der Waals surface area contributed by atoms with Crippen LogP contribution in [0.15, 0.2) is 52.7 Å². The molecule has 0 atom stereocenters. The van der Waals surface area contributed by atoms with Crippen LogP contribution in [0.4, 0.5) is 17.1 Å². The fourth-order valence-electron chi connectivity index (χ4n) is 1.67. The van der Waals surface area contributed by atoms with E-state index in [1.54, 1.807) is 18.2 Å². The van der Waals surface area contributed by atoms with Crippen LogP contribution in [0.2, 0.25) is 0 Å². The van der Waals surface area contributed by atoms with Crippen molar-refractivity contribution in [2.24, 2.45) is 10.2 Å². The summed E-state index contributed by atoms with van der Waals surface area (Å²) in [7, 11) is 0. The van der Waals surface area contributed by atoms with E-state index in [-0.39, 0.29) is 11.4 Å². The molecule has 0 spiro atoms. The average molecular weight is 255 g/mol. The van der Waals surface area contributed by atoms with Crippen molar-refractivity contribution in [3.63, 3.8) is 0 Å². The predicted octanol–water partition coefficient (Wildman–Crippen LogP) is 4.63. The van der Waals surface area contributed by atoms with E-state index in [9.17, 15) is 10.1 Å². The Labute approximate surface area is 110 Å². The predicted molar refractivity (Wildman–Crippen MR) is 73.2 cm³/mol. The van der Waals surface area contributed by atoms with Crippen molar-refractivity contribution in [2.75, 3.05) is 0 Å². The number of nitro benzene ring substituents is 1. The summed E-state index contributed by atoms with van der Waals surface area (Å²) in [4.78, 5) is 10.4. The Hall–Kier alpha value is -2.56. The Kier molecular flexibility index (Phi) is 3.66. The van der Waals surface area contributed by atoms with Gasteiger partial charge >= 0.3 is 0 Å². The highest BCUT2D eigenvalue weighted by Crippen LogP contribution is 2.29. The average Bonchev–Trinajstić information content (AvgIpc) is 2.36. The maximum absolute atomic E-state index is 10.9. The molecule has 0 N–H and O–H groups in total. The Balaban J connectivity index is 2.37. The molecule has 0 fully saturated rings. The Morgan fingerprint density at radius 1 is 1.00 bits per heavy atom. The molecule has 0 unspecified atom stereocenters. The number of hydrogen-bond donors (Lipinski definition) is 0. The van der Waals surface area contributed by atoms with Crippen LogP contribution in [0.5, 0.6) is 0 Å². The molecule has 0 aliphatic heterocycles. The summed E-state index contributed by atoms with van der Waals surface area (Å²) in [6.45, 7) is 3.81. The molecule has 0 radical (unpaired) electrons. The fourth-order valence-corrected chi connectivity index (χ4v) is 1.67. The van der Waals surface area contributed by atoms with E-state index in [1.165, 1.54) is 6.07 Å². The van der Waals surface area contributed by atoms with Crippen LogP contribution < -0.4 is 0 Å². The van der Waals surface area contributed by atoms with Crippen LogP contribution in [0.25, 0.3) is 0 Å². The van der Waals surface area contributed by atoms with Gasteiger partial charge in [0.15, 0.2) is 5.69 Å². The highest BCUT2D eigenvalue weighted by atomic mass is 16.6. The Morgan fingerprint density at radius 3 is 2.42 bits per heavy atom. The second kappa shape index (κ2) is 5.39. The van der Waals surface area contributed by atoms with E-state index in [0.717, 1.165) is 11.1 Å². The number of nitrogens with zero attached hydrogens (tertiary/aromatic N) is 3. The third kappa shape index (κ3) is 3.22. The van der Waals surface area contributed by atoms with Gasteiger partial charge in [0, 0.05) is 6.07 Å². The van der Waals surface area contributed by atoms with Crippen LogP contribution in [0, 0.1) is 24.0 Å². The van der Waals surface area contributed by atoms with Crippen molar-refractivity contribution >= 4 is 17.1 Å². The van der Waals surface area contributed by atoms with Crippen molar-refractivity contribution < 1.29 is 4.92 Å². The molecule has 0 amide bonds. The minimum Gasteiger partial charge on any atom is -0.258 e. The van der Waals surface area contributed by atoms with Crippen molar-refractivity contribution in [3.05, 3.63) is 63.7 Å². The molecular formula is C14H13N3O2. The van der Waals surface area contributed by atoms with Crippen LogP contribution in [-0.4, -0.2) is 4.92 Å². The van der Waals surface area contributed by atoms with Crippen molar-refractivity contribution in [1.82, 2.24) is 0 Å². The molecule has 2 aromatic carbocycles. The SMILES string of the molecule is Cc1cccc(N=Nc2cc(C)ccc2[N+](=O)[O-])c1. The van der Waals surface area contributed by atoms with Gasteiger partial charge in [-0.3, -0.25) is 10.1 Å². The van der Waals surface area contributed by atoms with Gasteiger partial charge in [0.05, 0.1) is 10.6 Å². The first-order valence-corrected chi connectivity index (χ1v) is 5.80. The highest BCUT2D eigenvalue weighted by molar-refractivity contribution is 5.58. The summed E-state index contributed by atoms with van der Waals surface area (Å²) < 4.78 is 0. The van der Waals surface area contributed by atoms with E-state index < -0.39 is 4.92 Å². The molecule has 0 heterocycles. The first kappa shape index (κ1) is 12.9. The van der Waals surface area contributed by atoms with E-state index in [4.69, 9.17) is 0 Å². The lowest BCUT2D eigenvalue weighted by atomic mass is 10.2. The van der Waals surface area contributed by atoms with Crippen molar-refractivity contribution in [1.29, 1.82) is 0 Å². The van der Waals surface area contributed by atoms with E-state index in [1.807, 2.05) is 32.0 Å². The van der Waals surface area contributed by atoms with Gasteiger partial charge in [-0.05, 0) is 43.2 Å². The zero-order valence-electron chi connectivity index (χ0n) is 10.7. The molecule has 2 aromatic rings. The fraction of sp³-hybridized carbons (Fsp3) is 0.143. The Morgan fingerprint density at radius 2 is 1.74 bits per heavy atom. The first-order valence-electron chi connectivity index (χ1n) is 5.80. The second-order valence-electron chi connectivity index (χ2n) is 4.29. The largest absolute Gasteiger partial charge is 0.296 e. The topological polar surface area (TPSA) is 67.9 Å². The van der Waals surface area contributed by atoms with Crippen LogP contribution in [0.3, 0.4) is 0 Å². The van der Waals surface area contributed by atoms with Gasteiger partial charge in [0.2, 0.25) is 0 Å². The van der Waals surface area contributed by atoms with Gasteiger partial charge in [-0.1, -0.05) is 18.2 Å². The zero-order chi connectivity index (χ0) is 13.8. The highest BCUT2D eigenvalue weighted by Gasteiger charge is 2.12. The van der Waals surface area contributed by atoms with Crippen molar-refractivity contribution in [2.45, 2.75) is 13.8 Å². The number of benzene rings is 2. The smallest absolute Gasteiger partial charge is 0.258 e. The number of rotatable bonds is 3. The third-order valence-corrected chi connectivity index (χ3v) is 2.60. The van der Waals surface area contributed by atoms with E-state index in [2.05, 4.69) is 10.2 Å². The molecule has 0 saturated heterocycles. The number of nitro groups is 1. The number of aryl methyl sites for hydroxylation is 2. The van der Waals surface area contributed by atoms with Gasteiger partial charge in [0.1, 0.15) is 0 Å². The number of hydrogen-bond acceptors (Lipinski definition) is 4. The standard InChI is InChI=1S/C14H13N3O2/c1-10-4-3-5-12(8-10)15-16-13-9-11(2)6-7-14(13)17(18)19/h3-9H,1-2H3. The van der Waals surface area contributed by atoms with Crippen LogP contribution in [0.1, 0.15) is 11.1 Å². The molecule has 5 heteroatoms. The lowest BCUT2D eigenvalue weighted by Gasteiger charge is -1.98. The maximum Gasteiger partial charge on any atom is 0.296 e. The van der Waals surface area contributed by atoms with E-state index in [0.29, 0.717) is 5.69 Å². The van der Waals surface area contributed by atoms with E-state index >= 15 is 0 Å². The molecule has 19 heavy (non-hydrogen) atoms.